The minimum atomic E-state index is -1.55. The van der Waals surface area contributed by atoms with Crippen molar-refractivity contribution in [2.45, 2.75) is 169 Å². The van der Waals surface area contributed by atoms with E-state index in [2.05, 4.69) is 21.3 Å². The maximum absolute atomic E-state index is 14.7. The fourth-order valence-corrected chi connectivity index (χ4v) is 8.55. The Bertz CT molecular complexity index is 1870. The predicted octanol–water partition coefficient (Wildman–Crippen LogP) is 2.71. The van der Waals surface area contributed by atoms with Crippen LogP contribution in [0.15, 0.2) is 24.3 Å². The number of fused-ring (bicyclic) bond motifs is 1. The molecule has 11 atom stereocenters. The number of carbonyl (C=O) groups is 8. The van der Waals surface area contributed by atoms with Crippen LogP contribution in [0.25, 0.3) is 0 Å². The zero-order valence-electron chi connectivity index (χ0n) is 41.9. The first-order chi connectivity index (χ1) is 31.4. The van der Waals surface area contributed by atoms with Gasteiger partial charge in [0.15, 0.2) is 11.9 Å². The number of carbonyl (C=O) groups excluding carboxylic acids is 8. The number of ether oxygens (including phenoxy) is 3. The van der Waals surface area contributed by atoms with Crippen LogP contribution in [0.1, 0.15) is 113 Å². The Morgan fingerprint density at radius 2 is 1.55 bits per heavy atom. The Morgan fingerprint density at radius 3 is 2.10 bits per heavy atom. The normalized spacial score (nSPS) is 27.8. The molecule has 0 bridgehead atoms. The molecule has 18 heteroatoms. The van der Waals surface area contributed by atoms with Gasteiger partial charge >= 0.3 is 11.9 Å². The van der Waals surface area contributed by atoms with Gasteiger partial charge in [0, 0.05) is 20.0 Å². The zero-order valence-corrected chi connectivity index (χ0v) is 41.9. The van der Waals surface area contributed by atoms with E-state index in [1.807, 2.05) is 34.6 Å². The van der Waals surface area contributed by atoms with E-state index in [9.17, 15) is 43.5 Å². The molecule has 2 fully saturated rings. The van der Waals surface area contributed by atoms with Crippen LogP contribution in [0.5, 0.6) is 5.75 Å². The van der Waals surface area contributed by atoms with Crippen LogP contribution < -0.4 is 26.0 Å². The number of cyclic esters (lactones) is 2. The number of methoxy groups -OCH3 is 1. The van der Waals surface area contributed by atoms with Gasteiger partial charge < -0.3 is 50.4 Å². The van der Waals surface area contributed by atoms with E-state index in [1.54, 1.807) is 52.1 Å². The van der Waals surface area contributed by atoms with Gasteiger partial charge in [-0.2, -0.15) is 0 Å². The van der Waals surface area contributed by atoms with E-state index >= 15 is 0 Å². The minimum absolute atomic E-state index is 0.0500. The summed E-state index contributed by atoms with van der Waals surface area (Å²) in [5.74, 6) is -7.71. The number of benzene rings is 1. The second-order valence-electron chi connectivity index (χ2n) is 19.5. The van der Waals surface area contributed by atoms with Crippen molar-refractivity contribution in [3.05, 3.63) is 29.8 Å². The molecule has 2 aliphatic heterocycles. The molecule has 2 saturated heterocycles. The first-order valence-corrected chi connectivity index (χ1v) is 23.9. The van der Waals surface area contributed by atoms with E-state index < -0.39 is 126 Å². The van der Waals surface area contributed by atoms with Gasteiger partial charge in [-0.1, -0.05) is 73.9 Å². The van der Waals surface area contributed by atoms with E-state index in [1.165, 1.54) is 37.8 Å². The number of aliphatic hydroxyl groups is 1. The zero-order chi connectivity index (χ0) is 50.4. The molecule has 5 N–H and O–H groups in total. The largest absolute Gasteiger partial charge is 0.497 e. The standard InChI is InChI=1S/C49H78N6O12/c1-14-29(8)40-38(56)25-39(57)67-43(28(6)7)42(58)30(9)44(59)51-35(23-27(4)5)47(62)55-21-15-16-36(55)48(63)54(12)37(24-32-17-19-33(65-13)20-18-32)49(64)66-31(10)41(46(61)52-40)53-45(60)34(50-11)22-26(2)3/h17-20,26-31,34-38,40-41,43,50,56H,14-16,21-25H2,1-13H3,(H,51,59)(H,52,61)(H,53,60)/t29-,30?,31?,34?,35?,36?,37?,38+,40+,41?,43?/m1/s1. The van der Waals surface area contributed by atoms with Gasteiger partial charge in [-0.05, 0) is 87.9 Å². The number of ketones is 1. The third-order valence-electron chi connectivity index (χ3n) is 12.9. The highest BCUT2D eigenvalue weighted by molar-refractivity contribution is 6.05. The van der Waals surface area contributed by atoms with Gasteiger partial charge in [-0.15, -0.1) is 0 Å². The van der Waals surface area contributed by atoms with Crippen molar-refractivity contribution < 1.29 is 57.7 Å². The highest BCUT2D eigenvalue weighted by atomic mass is 16.6. The Hall–Kier alpha value is -5.10. The summed E-state index contributed by atoms with van der Waals surface area (Å²) in [6.45, 7) is 17.4. The van der Waals surface area contributed by atoms with Gasteiger partial charge in [-0.3, -0.25) is 33.6 Å². The van der Waals surface area contributed by atoms with Crippen LogP contribution in [0.2, 0.25) is 0 Å². The van der Waals surface area contributed by atoms with E-state index in [0.29, 0.717) is 30.6 Å². The van der Waals surface area contributed by atoms with Gasteiger partial charge in [0.05, 0.1) is 37.6 Å². The Balaban J connectivity index is 2.23. The second-order valence-corrected chi connectivity index (χ2v) is 19.5. The number of hydrogen-bond acceptors (Lipinski definition) is 13. The lowest BCUT2D eigenvalue weighted by Crippen LogP contribution is -2.61. The summed E-state index contributed by atoms with van der Waals surface area (Å²) in [6.07, 6.45) is -3.30. The van der Waals surface area contributed by atoms with Crippen molar-refractivity contribution in [3.8, 4) is 5.75 Å². The van der Waals surface area contributed by atoms with E-state index in [-0.39, 0.29) is 37.6 Å². The fourth-order valence-electron chi connectivity index (χ4n) is 8.55. The highest BCUT2D eigenvalue weighted by Gasteiger charge is 2.44. The monoisotopic (exact) mass is 943 g/mol. The molecule has 67 heavy (non-hydrogen) atoms. The molecule has 0 radical (unpaired) electrons. The van der Waals surface area contributed by atoms with Crippen molar-refractivity contribution >= 4 is 47.3 Å². The van der Waals surface area contributed by atoms with Gasteiger partial charge in [0.25, 0.3) is 0 Å². The van der Waals surface area contributed by atoms with Crippen molar-refractivity contribution in [2.75, 3.05) is 27.7 Å². The molecular formula is C49H78N6O12. The van der Waals surface area contributed by atoms with Crippen LogP contribution in [-0.2, 0) is 54.3 Å². The van der Waals surface area contributed by atoms with Crippen molar-refractivity contribution in [2.24, 2.45) is 29.6 Å². The Morgan fingerprint density at radius 1 is 0.910 bits per heavy atom. The number of Topliss-reactive ketones (excluding diaryl/α,β-unsaturated/α-hetero) is 1. The van der Waals surface area contributed by atoms with Crippen LogP contribution in [-0.4, -0.2) is 144 Å². The van der Waals surface area contributed by atoms with Crippen molar-refractivity contribution in [3.63, 3.8) is 0 Å². The van der Waals surface area contributed by atoms with Crippen LogP contribution >= 0.6 is 0 Å². The third kappa shape index (κ3) is 15.5. The molecule has 0 aromatic heterocycles. The highest BCUT2D eigenvalue weighted by Crippen LogP contribution is 2.26. The predicted molar refractivity (Wildman–Crippen MR) is 250 cm³/mol. The molecule has 376 valence electrons. The Labute approximate surface area is 396 Å². The topological polar surface area (TPSA) is 239 Å². The molecule has 1 aromatic carbocycles. The third-order valence-corrected chi connectivity index (χ3v) is 12.9. The number of nitrogens with one attached hydrogen (secondary N) is 4. The molecule has 2 heterocycles. The van der Waals surface area contributed by atoms with Gasteiger partial charge in [0.2, 0.25) is 29.5 Å². The summed E-state index contributed by atoms with van der Waals surface area (Å²) in [5, 5.41) is 22.9. The maximum atomic E-state index is 14.7. The van der Waals surface area contributed by atoms with Gasteiger partial charge in [0.1, 0.15) is 36.0 Å². The average molecular weight is 943 g/mol. The molecule has 3 rings (SSSR count). The first-order valence-electron chi connectivity index (χ1n) is 23.9. The van der Waals surface area contributed by atoms with Crippen molar-refractivity contribution in [1.82, 2.24) is 31.1 Å². The first kappa shape index (κ1) is 56.2. The van der Waals surface area contributed by atoms with Crippen molar-refractivity contribution in [1.29, 1.82) is 0 Å². The van der Waals surface area contributed by atoms with Crippen LogP contribution in [0.4, 0.5) is 0 Å². The number of esters is 2. The lowest BCUT2D eigenvalue weighted by Gasteiger charge is -2.35. The molecule has 0 spiro atoms. The fraction of sp³-hybridized carbons (Fsp3) is 0.714. The quantitative estimate of drug-likeness (QED) is 0.142. The molecule has 1 aromatic rings. The summed E-state index contributed by atoms with van der Waals surface area (Å²) in [5.41, 5.74) is 0.631. The lowest BCUT2D eigenvalue weighted by molar-refractivity contribution is -0.163. The SMILES string of the molecule is CC[C@@H](C)[C@@H]1NC(=O)C(NC(=O)C(CC(C)C)NC)C(C)OC(=O)C(Cc2ccc(OC)cc2)N(C)C(=O)C2CCCN2C(=O)C(CC(C)C)NC(=O)C(C)C(=O)C(C(C)C)OC(=O)C[C@@H]1O. The summed E-state index contributed by atoms with van der Waals surface area (Å²) >= 11 is 0. The molecule has 2 aliphatic rings. The van der Waals surface area contributed by atoms with Gasteiger partial charge in [-0.25, -0.2) is 4.79 Å². The summed E-state index contributed by atoms with van der Waals surface area (Å²) in [6, 6.07) is 0.0322. The number of aliphatic hydroxyl groups excluding tert-OH is 1. The number of hydrogen-bond donors (Lipinski definition) is 5. The summed E-state index contributed by atoms with van der Waals surface area (Å²) in [4.78, 5) is 116. The Kier molecular flexibility index (Phi) is 21.7. The summed E-state index contributed by atoms with van der Waals surface area (Å²) < 4.78 is 17.1. The number of nitrogens with zero attached hydrogens (tertiary/aromatic N) is 2. The number of rotatable bonds is 13. The second kappa shape index (κ2) is 25.9. The minimum Gasteiger partial charge on any atom is -0.497 e. The summed E-state index contributed by atoms with van der Waals surface area (Å²) in [7, 11) is 4.56. The molecule has 0 saturated carbocycles. The maximum Gasteiger partial charge on any atom is 0.329 e. The molecule has 8 unspecified atom stereocenters. The van der Waals surface area contributed by atoms with E-state index in [4.69, 9.17) is 14.2 Å². The number of likely N-dealkylation sites (N-methyl/N-ethyl adjacent to an activating group) is 2. The molecule has 0 aliphatic carbocycles. The van der Waals surface area contributed by atoms with E-state index in [0.717, 1.165) is 0 Å². The molecule has 5 amide bonds. The van der Waals surface area contributed by atoms with Crippen LogP contribution in [0, 0.1) is 29.6 Å². The average Bonchev–Trinajstić information content (AvgIpc) is 3.77. The molecular weight excluding hydrogens is 865 g/mol. The van der Waals surface area contributed by atoms with Crippen LogP contribution in [0.3, 0.4) is 0 Å². The lowest BCUT2D eigenvalue weighted by atomic mass is 9.91. The smallest absolute Gasteiger partial charge is 0.329 e. The number of amides is 5. The molecule has 18 nitrogen and oxygen atoms in total.